The monoisotopic (exact) mass is 184 g/mol. The van der Waals surface area contributed by atoms with Gasteiger partial charge in [-0.3, -0.25) is 0 Å². The standard InChI is InChI=1S/C10H13ClO/c1-3-10(2,12)8-5-4-6-9(11)7-8/h4-7,12H,3H2,1-2H3. The molecule has 0 aromatic heterocycles. The molecule has 0 fully saturated rings. The second-order valence-electron chi connectivity index (χ2n) is 3.14. The molecular formula is C10H13ClO. The molecule has 1 aromatic rings. The Bertz CT molecular complexity index is 268. The van der Waals surface area contributed by atoms with Crippen molar-refractivity contribution in [3.8, 4) is 0 Å². The lowest BCUT2D eigenvalue weighted by Crippen LogP contribution is -2.19. The summed E-state index contributed by atoms with van der Waals surface area (Å²) in [6.07, 6.45) is 0.688. The smallest absolute Gasteiger partial charge is 0.0866 e. The Kier molecular flexibility index (Phi) is 2.76. The molecule has 0 aliphatic carbocycles. The molecule has 0 saturated carbocycles. The van der Waals surface area contributed by atoms with Crippen molar-refractivity contribution < 1.29 is 5.11 Å². The molecule has 0 bridgehead atoms. The lowest BCUT2D eigenvalue weighted by molar-refractivity contribution is 0.0531. The van der Waals surface area contributed by atoms with Crippen LogP contribution in [0, 0.1) is 0 Å². The van der Waals surface area contributed by atoms with Crippen LogP contribution >= 0.6 is 11.6 Å². The van der Waals surface area contributed by atoms with E-state index in [2.05, 4.69) is 0 Å². The van der Waals surface area contributed by atoms with Crippen molar-refractivity contribution in [2.24, 2.45) is 0 Å². The van der Waals surface area contributed by atoms with Gasteiger partial charge in [0.25, 0.3) is 0 Å². The van der Waals surface area contributed by atoms with Gasteiger partial charge in [-0.2, -0.15) is 0 Å². The molecule has 1 atom stereocenters. The molecule has 0 spiro atoms. The van der Waals surface area contributed by atoms with Crippen LogP contribution in [-0.4, -0.2) is 5.11 Å². The van der Waals surface area contributed by atoms with E-state index < -0.39 is 5.60 Å². The minimum absolute atomic E-state index is 0.668. The minimum Gasteiger partial charge on any atom is -0.385 e. The highest BCUT2D eigenvalue weighted by Crippen LogP contribution is 2.25. The predicted molar refractivity (Wildman–Crippen MR) is 51.3 cm³/mol. The Morgan fingerprint density at radius 2 is 2.17 bits per heavy atom. The Morgan fingerprint density at radius 3 is 2.67 bits per heavy atom. The first-order valence-electron chi connectivity index (χ1n) is 4.04. The number of halogens is 1. The normalized spacial score (nSPS) is 15.7. The van der Waals surface area contributed by atoms with Gasteiger partial charge < -0.3 is 5.11 Å². The van der Waals surface area contributed by atoms with Crippen molar-refractivity contribution in [1.82, 2.24) is 0 Å². The van der Waals surface area contributed by atoms with Gasteiger partial charge in [0, 0.05) is 5.02 Å². The van der Waals surface area contributed by atoms with Gasteiger partial charge >= 0.3 is 0 Å². The van der Waals surface area contributed by atoms with E-state index in [1.807, 2.05) is 19.1 Å². The zero-order chi connectivity index (χ0) is 9.19. The summed E-state index contributed by atoms with van der Waals surface area (Å²) < 4.78 is 0. The molecule has 0 radical (unpaired) electrons. The SMILES string of the molecule is CCC(C)(O)c1cccc(Cl)c1. The Morgan fingerprint density at radius 1 is 1.50 bits per heavy atom. The third-order valence-electron chi connectivity index (χ3n) is 2.13. The first kappa shape index (κ1) is 9.56. The molecule has 0 saturated heterocycles. The van der Waals surface area contributed by atoms with Crippen molar-refractivity contribution in [1.29, 1.82) is 0 Å². The molecular weight excluding hydrogens is 172 g/mol. The maximum absolute atomic E-state index is 9.86. The average Bonchev–Trinajstić information content (AvgIpc) is 2.05. The molecule has 1 unspecified atom stereocenters. The summed E-state index contributed by atoms with van der Waals surface area (Å²) in [4.78, 5) is 0. The average molecular weight is 185 g/mol. The molecule has 0 heterocycles. The van der Waals surface area contributed by atoms with Gasteiger partial charge in [0.2, 0.25) is 0 Å². The van der Waals surface area contributed by atoms with E-state index in [-0.39, 0.29) is 0 Å². The van der Waals surface area contributed by atoms with Gasteiger partial charge in [0.1, 0.15) is 0 Å². The van der Waals surface area contributed by atoms with E-state index in [0.717, 1.165) is 5.56 Å². The van der Waals surface area contributed by atoms with E-state index in [4.69, 9.17) is 11.6 Å². The largest absolute Gasteiger partial charge is 0.385 e. The summed E-state index contributed by atoms with van der Waals surface area (Å²) in [5.74, 6) is 0. The van der Waals surface area contributed by atoms with Crippen molar-refractivity contribution in [3.05, 3.63) is 34.9 Å². The summed E-state index contributed by atoms with van der Waals surface area (Å²) in [6.45, 7) is 3.74. The van der Waals surface area contributed by atoms with Crippen LogP contribution in [0.15, 0.2) is 24.3 Å². The molecule has 0 aliphatic heterocycles. The molecule has 0 amide bonds. The number of rotatable bonds is 2. The summed E-state index contributed by atoms with van der Waals surface area (Å²) in [5, 5.41) is 10.5. The van der Waals surface area contributed by atoms with Crippen LogP contribution in [0.25, 0.3) is 0 Å². The van der Waals surface area contributed by atoms with Gasteiger partial charge in [-0.05, 0) is 31.0 Å². The van der Waals surface area contributed by atoms with Crippen molar-refractivity contribution in [2.75, 3.05) is 0 Å². The second kappa shape index (κ2) is 3.46. The molecule has 1 aromatic carbocycles. The quantitative estimate of drug-likeness (QED) is 0.750. The fourth-order valence-corrected chi connectivity index (χ4v) is 1.22. The Hall–Kier alpha value is -0.530. The first-order valence-corrected chi connectivity index (χ1v) is 4.42. The van der Waals surface area contributed by atoms with Crippen LogP contribution in [0.5, 0.6) is 0 Å². The van der Waals surface area contributed by atoms with Crippen LogP contribution in [0.1, 0.15) is 25.8 Å². The van der Waals surface area contributed by atoms with E-state index in [1.165, 1.54) is 0 Å². The zero-order valence-corrected chi connectivity index (χ0v) is 8.10. The lowest BCUT2D eigenvalue weighted by atomic mass is 9.94. The van der Waals surface area contributed by atoms with Crippen molar-refractivity contribution >= 4 is 11.6 Å². The number of hydrogen-bond acceptors (Lipinski definition) is 1. The van der Waals surface area contributed by atoms with Crippen LogP contribution in [-0.2, 0) is 5.60 Å². The highest BCUT2D eigenvalue weighted by Gasteiger charge is 2.19. The molecule has 2 heteroatoms. The van der Waals surface area contributed by atoms with Crippen molar-refractivity contribution in [2.45, 2.75) is 25.9 Å². The van der Waals surface area contributed by atoms with Gasteiger partial charge in [-0.15, -0.1) is 0 Å². The Labute approximate surface area is 78.0 Å². The maximum Gasteiger partial charge on any atom is 0.0866 e. The molecule has 12 heavy (non-hydrogen) atoms. The number of benzene rings is 1. The van der Waals surface area contributed by atoms with E-state index in [9.17, 15) is 5.11 Å². The molecule has 0 aliphatic rings. The van der Waals surface area contributed by atoms with Crippen LogP contribution < -0.4 is 0 Å². The third-order valence-corrected chi connectivity index (χ3v) is 2.37. The van der Waals surface area contributed by atoms with Crippen LogP contribution in [0.3, 0.4) is 0 Å². The topological polar surface area (TPSA) is 20.2 Å². The summed E-state index contributed by atoms with van der Waals surface area (Å²) >= 11 is 5.80. The molecule has 1 nitrogen and oxygen atoms in total. The van der Waals surface area contributed by atoms with Crippen molar-refractivity contribution in [3.63, 3.8) is 0 Å². The lowest BCUT2D eigenvalue weighted by Gasteiger charge is -2.21. The van der Waals surface area contributed by atoms with E-state index >= 15 is 0 Å². The van der Waals surface area contributed by atoms with Gasteiger partial charge in [-0.25, -0.2) is 0 Å². The summed E-state index contributed by atoms with van der Waals surface area (Å²) in [6, 6.07) is 7.33. The molecule has 1 N–H and O–H groups in total. The predicted octanol–water partition coefficient (Wildman–Crippen LogP) is 2.96. The number of aliphatic hydroxyl groups is 1. The van der Waals surface area contributed by atoms with E-state index in [0.29, 0.717) is 11.4 Å². The van der Waals surface area contributed by atoms with Gasteiger partial charge in [0.15, 0.2) is 0 Å². The first-order chi connectivity index (χ1) is 5.56. The highest BCUT2D eigenvalue weighted by molar-refractivity contribution is 6.30. The minimum atomic E-state index is -0.759. The molecule has 66 valence electrons. The fourth-order valence-electron chi connectivity index (χ4n) is 1.03. The van der Waals surface area contributed by atoms with E-state index in [1.54, 1.807) is 19.1 Å². The molecule has 1 rings (SSSR count). The fraction of sp³-hybridized carbons (Fsp3) is 0.400. The van der Waals surface area contributed by atoms with Gasteiger partial charge in [0.05, 0.1) is 5.60 Å². The van der Waals surface area contributed by atoms with Gasteiger partial charge in [-0.1, -0.05) is 30.7 Å². The highest BCUT2D eigenvalue weighted by atomic mass is 35.5. The third kappa shape index (κ3) is 1.99. The second-order valence-corrected chi connectivity index (χ2v) is 3.57. The summed E-state index contributed by atoms with van der Waals surface area (Å²) in [7, 11) is 0. The number of hydrogen-bond donors (Lipinski definition) is 1. The maximum atomic E-state index is 9.86. The zero-order valence-electron chi connectivity index (χ0n) is 7.34. The Balaban J connectivity index is 3.03. The van der Waals surface area contributed by atoms with Crippen LogP contribution in [0.4, 0.5) is 0 Å². The summed E-state index contributed by atoms with van der Waals surface area (Å²) in [5.41, 5.74) is 0.114. The van der Waals surface area contributed by atoms with Crippen LogP contribution in [0.2, 0.25) is 5.02 Å².